The number of H-pyrrole nitrogens is 4. The number of amides is 4. The van der Waals surface area contributed by atoms with E-state index in [2.05, 4.69) is 230 Å². The lowest BCUT2D eigenvalue weighted by atomic mass is 9.88. The molecule has 8 atom stereocenters. The van der Waals surface area contributed by atoms with Crippen LogP contribution in [0.5, 0.6) is 23.0 Å². The number of methoxy groups -OCH3 is 3. The second-order valence-corrected chi connectivity index (χ2v) is 43.1. The molecule has 2 aliphatic carbocycles. The lowest BCUT2D eigenvalue weighted by molar-refractivity contribution is -0.131. The Morgan fingerprint density at radius 3 is 1.10 bits per heavy atom. The molecular weight excluding hydrogens is 2080 g/mol. The van der Waals surface area contributed by atoms with Crippen LogP contribution in [0.15, 0.2) is 225 Å². The third kappa shape index (κ3) is 17.1. The molecule has 0 spiro atoms. The lowest BCUT2D eigenvalue weighted by Gasteiger charge is -2.38. The van der Waals surface area contributed by atoms with E-state index in [4.69, 9.17) is 67.8 Å². The summed E-state index contributed by atoms with van der Waals surface area (Å²) >= 11 is 38.6. The smallest absolute Gasteiger partial charge is 0.256 e. The SMILES string of the molecule is CC(C)N1C(=O)C2Cc3c([nH]c4ccc(Br)cc34)C(c3ccc(OCCCn4cncn4)cc3)N2C1=S.COc1ccc(C2c3[nH]c4ccc(Br)cc4c3CC3C(=O)N(C4CCCCC4)C(=S)N32)cc1.COc1ccc(C2c3[nH]c4ccc(Br)cc4c3CC3C(=O)N(C4CCCCC4)C(=S)N32)cc1.COc1ccc(C2c3[nH]c4ccc(Br)cc4c3CC3C(=O)N(c4ccccc4C(C)C)C(=S)N32)cc1. The van der Waals surface area contributed by atoms with Crippen molar-refractivity contribution in [2.45, 2.75) is 203 Å². The molecule has 14 aromatic rings. The number of para-hydroxylation sites is 1. The molecule has 0 radical (unpaired) electrons. The summed E-state index contributed by atoms with van der Waals surface area (Å²) in [5.74, 6) is 3.93. The van der Waals surface area contributed by atoms with Gasteiger partial charge in [-0.25, -0.2) is 4.98 Å². The van der Waals surface area contributed by atoms with Crippen molar-refractivity contribution in [3.05, 3.63) is 298 Å². The number of fused-ring (bicyclic) bond motifs is 16. The Labute approximate surface area is 861 Å². The highest BCUT2D eigenvalue weighted by Gasteiger charge is 2.57. The number of nitrogens with one attached hydrogen (secondary N) is 4. The highest BCUT2D eigenvalue weighted by molar-refractivity contribution is 9.11. The Morgan fingerprint density at radius 1 is 0.403 bits per heavy atom. The molecule has 13 heterocycles. The molecular formula is C108H105Br4N15O8S4. The van der Waals surface area contributed by atoms with Crippen molar-refractivity contribution >= 4 is 206 Å². The molecule has 6 fully saturated rings. The minimum atomic E-state index is -0.379. The van der Waals surface area contributed by atoms with E-state index in [1.165, 1.54) is 77.9 Å². The van der Waals surface area contributed by atoms with Crippen molar-refractivity contribution in [2.75, 3.05) is 32.8 Å². The normalized spacial score (nSPS) is 21.1. The van der Waals surface area contributed by atoms with Crippen LogP contribution in [0.2, 0.25) is 0 Å². The Morgan fingerprint density at radius 2 is 0.748 bits per heavy atom. The van der Waals surface area contributed by atoms with Crippen molar-refractivity contribution in [1.29, 1.82) is 0 Å². The summed E-state index contributed by atoms with van der Waals surface area (Å²) in [5, 5.41) is 11.2. The van der Waals surface area contributed by atoms with Crippen molar-refractivity contribution in [3.63, 3.8) is 0 Å². The number of thiocarbonyl (C=S) groups is 4. The van der Waals surface area contributed by atoms with E-state index < -0.39 is 0 Å². The summed E-state index contributed by atoms with van der Waals surface area (Å²) in [6, 6.07) is 64.2. The van der Waals surface area contributed by atoms with Gasteiger partial charge in [-0.05, 0) is 272 Å². The fourth-order valence-electron chi connectivity index (χ4n) is 22.9. The molecule has 8 aliphatic heterocycles. The third-order valence-corrected chi connectivity index (χ3v) is 33.1. The molecule has 8 unspecified atom stereocenters. The summed E-state index contributed by atoms with van der Waals surface area (Å²) < 4.78 is 28.1. The minimum Gasteiger partial charge on any atom is -0.497 e. The van der Waals surface area contributed by atoms with Crippen LogP contribution in [0.4, 0.5) is 5.69 Å². The standard InChI is InChI=1S/C29H26BrN3O2S.C27H27BrN6O2S.2C26H26BrN3O2S/c1-16(2)20-6-4-5-7-24(20)33-28(34)25-15-22-21-14-18(30)10-13-23(21)31-26(22)27(32(25)29(33)36)17-8-11-19(35-3)12-9-17;1-16(2)33-26(35)23-13-21-20-12-18(28)6-9-22(20)31-24(21)25(34(23)27(33)37)17-4-7-19(8-5-17)36-11-3-10-32-15-29-14-30-32;2*1-32-18-10-7-15(8-11-18)24-23-20(19-13-16(27)9-12-21(19)28-23)14-22-25(31)29(26(33)30(22)24)17-5-3-2-4-6-17/h4-14,16,25,27,31H,15H2,1-3H3;4-9,12,14-16,23,25,31H,3,10-11,13H2,1-2H3;2*7-13,17,22,24,28H,2-6,14H2,1H3. The van der Waals surface area contributed by atoms with Crippen molar-refractivity contribution in [2.24, 2.45) is 0 Å². The zero-order valence-corrected chi connectivity index (χ0v) is 87.5. The Kier molecular flexibility index (Phi) is 26.4. The quantitative estimate of drug-likeness (QED) is 0.0491. The van der Waals surface area contributed by atoms with E-state index in [0.29, 0.717) is 52.7 Å². The van der Waals surface area contributed by atoms with E-state index in [1.54, 1.807) is 42.1 Å². The van der Waals surface area contributed by atoms with Gasteiger partial charge in [-0.3, -0.25) is 43.5 Å². The van der Waals surface area contributed by atoms with Gasteiger partial charge < -0.3 is 58.5 Å². The summed E-state index contributed by atoms with van der Waals surface area (Å²) in [7, 11) is 5.02. The zero-order valence-electron chi connectivity index (χ0n) is 77.9. The van der Waals surface area contributed by atoms with Crippen LogP contribution in [0.25, 0.3) is 43.6 Å². The van der Waals surface area contributed by atoms with E-state index in [0.717, 1.165) is 169 Å². The lowest BCUT2D eigenvalue weighted by Crippen LogP contribution is -2.44. The fraction of sp³-hybridized carbons (Fsp3) is 0.333. The van der Waals surface area contributed by atoms with Gasteiger partial charge >= 0.3 is 0 Å². The van der Waals surface area contributed by atoms with E-state index in [-0.39, 0.29) is 96.0 Å². The molecule has 9 aromatic carbocycles. The number of nitrogens with zero attached hydrogens (tertiary/aromatic N) is 11. The zero-order chi connectivity index (χ0) is 96.2. The number of ether oxygens (including phenoxy) is 4. The number of hydrogen-bond donors (Lipinski definition) is 4. The van der Waals surface area contributed by atoms with Crippen molar-refractivity contribution in [1.82, 2.24) is 69.0 Å². The molecule has 4 saturated heterocycles. The molecule has 24 rings (SSSR count). The van der Waals surface area contributed by atoms with Gasteiger partial charge in [0, 0.05) is 141 Å². The van der Waals surface area contributed by atoms with E-state index in [9.17, 15) is 19.2 Å². The first-order valence-corrected chi connectivity index (χ1v) is 52.6. The van der Waals surface area contributed by atoms with E-state index >= 15 is 0 Å². The van der Waals surface area contributed by atoms with Crippen LogP contribution in [0.1, 0.15) is 201 Å². The monoisotopic (exact) mass is 2180 g/mol. The van der Waals surface area contributed by atoms with Crippen molar-refractivity contribution in [3.8, 4) is 23.0 Å². The van der Waals surface area contributed by atoms with Gasteiger partial charge in [0.1, 0.15) is 59.8 Å². The summed E-state index contributed by atoms with van der Waals surface area (Å²) in [4.78, 5) is 90.0. The van der Waals surface area contributed by atoms with E-state index in [1.807, 2.05) is 115 Å². The topological polar surface area (TPSA) is 225 Å². The maximum Gasteiger partial charge on any atom is 0.256 e. The van der Waals surface area contributed by atoms with Gasteiger partial charge in [-0.2, -0.15) is 5.10 Å². The molecule has 10 aliphatic rings. The maximum absolute atomic E-state index is 14.1. The molecule has 712 valence electrons. The molecule has 23 nitrogen and oxygen atoms in total. The van der Waals surface area contributed by atoms with Gasteiger partial charge in [-0.15, -0.1) is 0 Å². The Balaban J connectivity index is 0.000000110. The number of anilines is 1. The van der Waals surface area contributed by atoms with Crippen LogP contribution in [0.3, 0.4) is 0 Å². The largest absolute Gasteiger partial charge is 0.497 e. The first-order valence-electron chi connectivity index (χ1n) is 47.8. The number of aromatic nitrogens is 7. The van der Waals surface area contributed by atoms with Gasteiger partial charge in [0.05, 0.1) is 57.8 Å². The number of aromatic amines is 4. The number of carbonyl (C=O) groups excluding carboxylic acids is 4. The predicted molar refractivity (Wildman–Crippen MR) is 572 cm³/mol. The highest BCUT2D eigenvalue weighted by Crippen LogP contribution is 2.53. The first-order chi connectivity index (χ1) is 67.4. The average molecular weight is 2190 g/mol. The second-order valence-electron chi connectivity index (χ2n) is 38.0. The predicted octanol–water partition coefficient (Wildman–Crippen LogP) is 23.0. The molecule has 5 aromatic heterocycles. The molecule has 4 amide bonds. The Bertz CT molecular complexity index is 6960. The fourth-order valence-corrected chi connectivity index (χ4v) is 26.3. The number of rotatable bonds is 17. The van der Waals surface area contributed by atoms with Crippen LogP contribution in [-0.4, -0.2) is 183 Å². The molecule has 2 saturated carbocycles. The Hall–Kier alpha value is -11.2. The second kappa shape index (κ2) is 39.0. The van der Waals surface area contributed by atoms with Crippen LogP contribution >= 0.6 is 113 Å². The molecule has 0 bridgehead atoms. The summed E-state index contributed by atoms with van der Waals surface area (Å²) in [5.41, 5.74) is 19.8. The third-order valence-electron chi connectivity index (χ3n) is 29.5. The van der Waals surface area contributed by atoms with Crippen LogP contribution in [0, 0.1) is 0 Å². The van der Waals surface area contributed by atoms with Crippen LogP contribution < -0.4 is 23.8 Å². The average Bonchev–Trinajstić information content (AvgIpc) is 1.58. The highest BCUT2D eigenvalue weighted by atomic mass is 79.9. The number of halogens is 4. The first kappa shape index (κ1) is 94.1. The van der Waals surface area contributed by atoms with Gasteiger partial charge in [0.25, 0.3) is 23.6 Å². The number of carbonyl (C=O) groups is 4. The summed E-state index contributed by atoms with van der Waals surface area (Å²) in [6.07, 6.45) is 18.0. The molecule has 31 heteroatoms. The summed E-state index contributed by atoms with van der Waals surface area (Å²) in [6.45, 7) is 9.65. The van der Waals surface area contributed by atoms with Gasteiger partial charge in [-0.1, -0.05) is 183 Å². The van der Waals surface area contributed by atoms with Crippen molar-refractivity contribution < 1.29 is 38.1 Å². The van der Waals surface area contributed by atoms with Crippen LogP contribution in [-0.2, 0) is 51.4 Å². The maximum atomic E-state index is 14.1. The molecule has 4 N–H and O–H groups in total. The molecule has 139 heavy (non-hydrogen) atoms. The van der Waals surface area contributed by atoms with Gasteiger partial charge in [0.15, 0.2) is 20.4 Å². The number of aryl methyl sites for hydroxylation is 1. The number of benzene rings is 9. The number of hydrogen-bond acceptors (Lipinski definition) is 14. The van der Waals surface area contributed by atoms with Gasteiger partial charge in [0.2, 0.25) is 0 Å². The minimum absolute atomic E-state index is 0.00350.